The molecule has 0 bridgehead atoms. The minimum atomic E-state index is 0.450. The van der Waals surface area contributed by atoms with Crippen LogP contribution in [0.15, 0.2) is 18.3 Å². The van der Waals surface area contributed by atoms with Crippen molar-refractivity contribution in [1.29, 1.82) is 0 Å². The largest absolute Gasteiger partial charge is 0.383 e. The predicted octanol–water partition coefficient (Wildman–Crippen LogP) is 1.79. The first-order valence-corrected chi connectivity index (χ1v) is 6.13. The van der Waals surface area contributed by atoms with Crippen LogP contribution in [0.2, 0.25) is 0 Å². The summed E-state index contributed by atoms with van der Waals surface area (Å²) >= 11 is 0. The van der Waals surface area contributed by atoms with Gasteiger partial charge in [-0.1, -0.05) is 6.92 Å². The van der Waals surface area contributed by atoms with Crippen molar-refractivity contribution in [3.05, 3.63) is 23.9 Å². The number of pyridine rings is 1. The van der Waals surface area contributed by atoms with Crippen molar-refractivity contribution in [1.82, 2.24) is 4.98 Å². The molecule has 0 fully saturated rings. The van der Waals surface area contributed by atoms with Crippen molar-refractivity contribution >= 4 is 5.82 Å². The lowest BCUT2D eigenvalue weighted by molar-refractivity contribution is 0.203. The zero-order valence-corrected chi connectivity index (χ0v) is 11.0. The van der Waals surface area contributed by atoms with Gasteiger partial charge in [-0.25, -0.2) is 4.98 Å². The highest BCUT2D eigenvalue weighted by atomic mass is 16.5. The first-order chi connectivity index (χ1) is 8.22. The van der Waals surface area contributed by atoms with Crippen LogP contribution in [-0.2, 0) is 11.3 Å². The second-order valence-corrected chi connectivity index (χ2v) is 4.17. The summed E-state index contributed by atoms with van der Waals surface area (Å²) in [6.45, 7) is 6.49. The van der Waals surface area contributed by atoms with Gasteiger partial charge in [-0.15, -0.1) is 0 Å². The van der Waals surface area contributed by atoms with Crippen molar-refractivity contribution < 1.29 is 4.74 Å². The quantitative estimate of drug-likeness (QED) is 0.785. The van der Waals surface area contributed by atoms with Gasteiger partial charge in [0.25, 0.3) is 0 Å². The Labute approximate surface area is 104 Å². The van der Waals surface area contributed by atoms with Gasteiger partial charge in [0.2, 0.25) is 0 Å². The van der Waals surface area contributed by atoms with Crippen LogP contribution in [0.1, 0.15) is 25.8 Å². The molecule has 0 aliphatic heterocycles. The molecule has 0 spiro atoms. The number of rotatable bonds is 7. The van der Waals surface area contributed by atoms with Crippen LogP contribution in [0.25, 0.3) is 0 Å². The van der Waals surface area contributed by atoms with E-state index < -0.39 is 0 Å². The molecule has 0 aliphatic rings. The molecule has 2 N–H and O–H groups in total. The van der Waals surface area contributed by atoms with Gasteiger partial charge in [0, 0.05) is 32.4 Å². The predicted molar refractivity (Wildman–Crippen MR) is 71.1 cm³/mol. The van der Waals surface area contributed by atoms with E-state index in [0.29, 0.717) is 19.2 Å². The zero-order chi connectivity index (χ0) is 12.7. The van der Waals surface area contributed by atoms with Crippen molar-refractivity contribution in [3.8, 4) is 0 Å². The second-order valence-electron chi connectivity index (χ2n) is 4.17. The van der Waals surface area contributed by atoms with Crippen molar-refractivity contribution in [3.63, 3.8) is 0 Å². The van der Waals surface area contributed by atoms with Gasteiger partial charge in [0.15, 0.2) is 0 Å². The van der Waals surface area contributed by atoms with Crippen LogP contribution in [0.3, 0.4) is 0 Å². The van der Waals surface area contributed by atoms with Gasteiger partial charge < -0.3 is 15.4 Å². The lowest BCUT2D eigenvalue weighted by atomic mass is 10.2. The average Bonchev–Trinajstić information content (AvgIpc) is 2.39. The van der Waals surface area contributed by atoms with Crippen molar-refractivity contribution in [2.45, 2.75) is 32.9 Å². The molecule has 1 unspecified atom stereocenters. The standard InChI is InChI=1S/C13H23N3O/c1-4-11(2)16(7-8-17-3)13-9-12(10-14)5-6-15-13/h5-6,9,11H,4,7-8,10,14H2,1-3H3. The summed E-state index contributed by atoms with van der Waals surface area (Å²) < 4.78 is 5.15. The zero-order valence-electron chi connectivity index (χ0n) is 11.0. The summed E-state index contributed by atoms with van der Waals surface area (Å²) in [6.07, 6.45) is 2.90. The molecule has 0 aliphatic carbocycles. The summed E-state index contributed by atoms with van der Waals surface area (Å²) in [4.78, 5) is 6.69. The lowest BCUT2D eigenvalue weighted by Crippen LogP contribution is -2.36. The van der Waals surface area contributed by atoms with E-state index in [2.05, 4.69) is 29.8 Å². The van der Waals surface area contributed by atoms with Gasteiger partial charge in [0.05, 0.1) is 6.61 Å². The molecule has 1 aromatic rings. The van der Waals surface area contributed by atoms with E-state index >= 15 is 0 Å². The summed E-state index contributed by atoms with van der Waals surface area (Å²) in [5.41, 5.74) is 6.77. The van der Waals surface area contributed by atoms with E-state index in [-0.39, 0.29) is 0 Å². The normalized spacial score (nSPS) is 12.5. The number of ether oxygens (including phenoxy) is 1. The SMILES string of the molecule is CCC(C)N(CCOC)c1cc(CN)ccn1. The fourth-order valence-corrected chi connectivity index (χ4v) is 1.72. The summed E-state index contributed by atoms with van der Waals surface area (Å²) in [6, 6.07) is 4.46. The molecular weight excluding hydrogens is 214 g/mol. The molecule has 0 saturated carbocycles. The Hall–Kier alpha value is -1.13. The number of nitrogens with zero attached hydrogens (tertiary/aromatic N) is 2. The number of hydrogen-bond donors (Lipinski definition) is 1. The molecule has 4 nitrogen and oxygen atoms in total. The number of hydrogen-bond acceptors (Lipinski definition) is 4. The Bertz CT molecular complexity index is 330. The summed E-state index contributed by atoms with van der Waals surface area (Å²) in [5.74, 6) is 0.986. The monoisotopic (exact) mass is 237 g/mol. The van der Waals surface area contributed by atoms with E-state index in [9.17, 15) is 0 Å². The third-order valence-electron chi connectivity index (χ3n) is 3.00. The van der Waals surface area contributed by atoms with E-state index in [1.54, 1.807) is 7.11 Å². The molecule has 17 heavy (non-hydrogen) atoms. The first-order valence-electron chi connectivity index (χ1n) is 6.13. The van der Waals surface area contributed by atoms with Crippen LogP contribution in [0.5, 0.6) is 0 Å². The lowest BCUT2D eigenvalue weighted by Gasteiger charge is -2.29. The molecule has 0 aromatic carbocycles. The third kappa shape index (κ3) is 3.98. The van der Waals surface area contributed by atoms with Gasteiger partial charge in [-0.2, -0.15) is 0 Å². The van der Waals surface area contributed by atoms with Crippen molar-refractivity contribution in [2.24, 2.45) is 5.73 Å². The van der Waals surface area contributed by atoms with Crippen LogP contribution in [-0.4, -0.2) is 31.3 Å². The number of methoxy groups -OCH3 is 1. The molecule has 0 radical (unpaired) electrons. The van der Waals surface area contributed by atoms with Crippen LogP contribution in [0, 0.1) is 0 Å². The highest BCUT2D eigenvalue weighted by Gasteiger charge is 2.13. The number of nitrogens with two attached hydrogens (primary N) is 1. The Balaban J connectivity index is 2.86. The van der Waals surface area contributed by atoms with Gasteiger partial charge in [0.1, 0.15) is 5.82 Å². The number of anilines is 1. The minimum absolute atomic E-state index is 0.450. The highest BCUT2D eigenvalue weighted by Crippen LogP contribution is 2.16. The molecule has 4 heteroatoms. The molecule has 1 aromatic heterocycles. The minimum Gasteiger partial charge on any atom is -0.383 e. The maximum absolute atomic E-state index is 5.66. The Morgan fingerprint density at radius 2 is 2.29 bits per heavy atom. The molecule has 1 atom stereocenters. The third-order valence-corrected chi connectivity index (χ3v) is 3.00. The molecule has 0 amide bonds. The summed E-state index contributed by atoms with van der Waals surface area (Å²) in [7, 11) is 1.72. The van der Waals surface area contributed by atoms with E-state index in [1.165, 1.54) is 0 Å². The highest BCUT2D eigenvalue weighted by molar-refractivity contribution is 5.42. The summed E-state index contributed by atoms with van der Waals surface area (Å²) in [5, 5.41) is 0. The maximum atomic E-state index is 5.66. The molecule has 0 saturated heterocycles. The second kappa shape index (κ2) is 7.25. The Morgan fingerprint density at radius 3 is 2.88 bits per heavy atom. The molecule has 96 valence electrons. The molecule has 1 rings (SSSR count). The maximum Gasteiger partial charge on any atom is 0.129 e. The Kier molecular flexibility index (Phi) is 5.94. The topological polar surface area (TPSA) is 51.4 Å². The van der Waals surface area contributed by atoms with E-state index in [1.807, 2.05) is 12.3 Å². The molecule has 1 heterocycles. The van der Waals surface area contributed by atoms with E-state index in [4.69, 9.17) is 10.5 Å². The van der Waals surface area contributed by atoms with Gasteiger partial charge >= 0.3 is 0 Å². The Morgan fingerprint density at radius 1 is 1.53 bits per heavy atom. The van der Waals surface area contributed by atoms with Gasteiger partial charge in [-0.05, 0) is 31.0 Å². The number of aromatic nitrogens is 1. The smallest absolute Gasteiger partial charge is 0.129 e. The average molecular weight is 237 g/mol. The fourth-order valence-electron chi connectivity index (χ4n) is 1.72. The first kappa shape index (κ1) is 13.9. The van der Waals surface area contributed by atoms with Crippen LogP contribution < -0.4 is 10.6 Å². The van der Waals surface area contributed by atoms with Crippen molar-refractivity contribution in [2.75, 3.05) is 25.2 Å². The molecular formula is C13H23N3O. The fraction of sp³-hybridized carbons (Fsp3) is 0.615. The van der Waals surface area contributed by atoms with Gasteiger partial charge in [-0.3, -0.25) is 0 Å². The van der Waals surface area contributed by atoms with E-state index in [0.717, 1.165) is 24.3 Å². The van der Waals surface area contributed by atoms with Crippen LogP contribution >= 0.6 is 0 Å². The van der Waals surface area contributed by atoms with Crippen LogP contribution in [0.4, 0.5) is 5.82 Å².